The topological polar surface area (TPSA) is 52.7 Å². The molecule has 0 saturated carbocycles. The number of rotatable bonds is 6. The molecule has 1 aliphatic heterocycles. The summed E-state index contributed by atoms with van der Waals surface area (Å²) in [5.41, 5.74) is 1.04. The molecule has 1 N–H and O–H groups in total. The van der Waals surface area contributed by atoms with E-state index in [0.29, 0.717) is 23.3 Å². The highest BCUT2D eigenvalue weighted by Crippen LogP contribution is 2.25. The van der Waals surface area contributed by atoms with Crippen molar-refractivity contribution in [3.63, 3.8) is 0 Å². The zero-order chi connectivity index (χ0) is 15.5. The van der Waals surface area contributed by atoms with Gasteiger partial charge in [0.25, 0.3) is 10.0 Å². The lowest BCUT2D eigenvalue weighted by Crippen LogP contribution is -2.50. The van der Waals surface area contributed by atoms with Gasteiger partial charge in [-0.3, -0.25) is 4.90 Å². The standard InChI is InChI=1S/C14H25N3O2S2/c1-4-15-10-13-9-14(20-11-13)21(18,19)17-7-5-16(6-8-17)12(2)3/h9,11-12,15H,4-8,10H2,1-3H3. The van der Waals surface area contributed by atoms with Crippen molar-refractivity contribution >= 4 is 21.4 Å². The van der Waals surface area contributed by atoms with Crippen LogP contribution in [0.25, 0.3) is 0 Å². The van der Waals surface area contributed by atoms with Crippen LogP contribution in [0, 0.1) is 0 Å². The number of thiophene rings is 1. The van der Waals surface area contributed by atoms with Crippen LogP contribution in [0.1, 0.15) is 26.3 Å². The number of nitrogens with zero attached hydrogens (tertiary/aromatic N) is 2. The molecule has 7 heteroatoms. The molecule has 120 valence electrons. The predicted molar refractivity (Wildman–Crippen MR) is 87.2 cm³/mol. The highest BCUT2D eigenvalue weighted by molar-refractivity contribution is 7.91. The minimum atomic E-state index is -3.32. The Kier molecular flexibility index (Phi) is 5.79. The Morgan fingerprint density at radius 2 is 1.95 bits per heavy atom. The molecule has 0 amide bonds. The second kappa shape index (κ2) is 7.19. The molecule has 0 bridgehead atoms. The molecule has 0 radical (unpaired) electrons. The Balaban J connectivity index is 2.03. The Hall–Kier alpha value is -0.470. The summed E-state index contributed by atoms with van der Waals surface area (Å²) >= 11 is 1.32. The van der Waals surface area contributed by atoms with Crippen molar-refractivity contribution in [2.45, 2.75) is 37.6 Å². The van der Waals surface area contributed by atoms with Gasteiger partial charge in [0.1, 0.15) is 4.21 Å². The van der Waals surface area contributed by atoms with E-state index in [1.807, 2.05) is 12.3 Å². The smallest absolute Gasteiger partial charge is 0.252 e. The lowest BCUT2D eigenvalue weighted by Gasteiger charge is -2.35. The third kappa shape index (κ3) is 4.04. The fourth-order valence-electron chi connectivity index (χ4n) is 2.44. The first-order chi connectivity index (χ1) is 9.95. The van der Waals surface area contributed by atoms with Crippen LogP contribution >= 0.6 is 11.3 Å². The number of hydrogen-bond donors (Lipinski definition) is 1. The molecule has 1 aromatic rings. The van der Waals surface area contributed by atoms with E-state index in [1.165, 1.54) is 11.3 Å². The minimum absolute atomic E-state index is 0.466. The second-order valence-corrected chi connectivity index (χ2v) is 8.66. The molecular weight excluding hydrogens is 306 g/mol. The number of piperazine rings is 1. The molecule has 0 aromatic carbocycles. The van der Waals surface area contributed by atoms with Crippen molar-refractivity contribution in [1.29, 1.82) is 0 Å². The lowest BCUT2D eigenvalue weighted by molar-refractivity contribution is 0.154. The summed E-state index contributed by atoms with van der Waals surface area (Å²) in [5, 5.41) is 5.15. The molecule has 1 fully saturated rings. The highest BCUT2D eigenvalue weighted by Gasteiger charge is 2.30. The van der Waals surface area contributed by atoms with Crippen molar-refractivity contribution in [2.75, 3.05) is 32.7 Å². The van der Waals surface area contributed by atoms with Gasteiger partial charge in [0.2, 0.25) is 0 Å². The molecular formula is C14H25N3O2S2. The van der Waals surface area contributed by atoms with E-state index in [4.69, 9.17) is 0 Å². The largest absolute Gasteiger partial charge is 0.313 e. The summed E-state index contributed by atoms with van der Waals surface area (Å²) in [5.74, 6) is 0. The summed E-state index contributed by atoms with van der Waals surface area (Å²) in [4.78, 5) is 2.32. The quantitative estimate of drug-likeness (QED) is 0.860. The van der Waals surface area contributed by atoms with Gasteiger partial charge in [-0.05, 0) is 37.4 Å². The van der Waals surface area contributed by atoms with Crippen LogP contribution in [0.3, 0.4) is 0 Å². The SMILES string of the molecule is CCNCc1csc(S(=O)(=O)N2CCN(C(C)C)CC2)c1. The van der Waals surface area contributed by atoms with E-state index in [1.54, 1.807) is 10.4 Å². The molecule has 0 atom stereocenters. The molecule has 1 aromatic heterocycles. The van der Waals surface area contributed by atoms with E-state index in [0.717, 1.165) is 31.7 Å². The Bertz CT molecular complexity index is 546. The van der Waals surface area contributed by atoms with E-state index < -0.39 is 10.0 Å². The molecule has 0 unspecified atom stereocenters. The van der Waals surface area contributed by atoms with Gasteiger partial charge in [0.15, 0.2) is 0 Å². The predicted octanol–water partition coefficient (Wildman–Crippen LogP) is 1.57. The maximum atomic E-state index is 12.6. The number of hydrogen-bond acceptors (Lipinski definition) is 5. The van der Waals surface area contributed by atoms with Gasteiger partial charge in [-0.1, -0.05) is 6.92 Å². The zero-order valence-electron chi connectivity index (χ0n) is 13.0. The van der Waals surface area contributed by atoms with Crippen LogP contribution in [-0.2, 0) is 16.6 Å². The maximum absolute atomic E-state index is 12.6. The first kappa shape index (κ1) is 16.9. The Labute approximate surface area is 132 Å². The second-order valence-electron chi connectivity index (χ2n) is 5.59. The van der Waals surface area contributed by atoms with Gasteiger partial charge in [-0.25, -0.2) is 8.42 Å². The van der Waals surface area contributed by atoms with Crippen LogP contribution < -0.4 is 5.32 Å². The molecule has 1 aliphatic rings. The average molecular weight is 332 g/mol. The van der Waals surface area contributed by atoms with Gasteiger partial charge < -0.3 is 5.32 Å². The first-order valence-electron chi connectivity index (χ1n) is 7.47. The minimum Gasteiger partial charge on any atom is -0.313 e. The summed E-state index contributed by atoms with van der Waals surface area (Å²) in [6.07, 6.45) is 0. The van der Waals surface area contributed by atoms with Crippen LogP contribution in [0.4, 0.5) is 0 Å². The first-order valence-corrected chi connectivity index (χ1v) is 9.79. The fraction of sp³-hybridized carbons (Fsp3) is 0.714. The van der Waals surface area contributed by atoms with E-state index >= 15 is 0 Å². The van der Waals surface area contributed by atoms with Gasteiger partial charge in [-0.2, -0.15) is 4.31 Å². The van der Waals surface area contributed by atoms with E-state index in [9.17, 15) is 8.42 Å². The molecule has 0 spiro atoms. The molecule has 5 nitrogen and oxygen atoms in total. The van der Waals surface area contributed by atoms with Crippen LogP contribution in [-0.4, -0.2) is 56.4 Å². The molecule has 2 heterocycles. The molecule has 0 aliphatic carbocycles. The third-order valence-corrected chi connectivity index (χ3v) is 7.17. The van der Waals surface area contributed by atoms with Gasteiger partial charge in [0.05, 0.1) is 0 Å². The normalized spacial score (nSPS) is 18.5. The third-order valence-electron chi connectivity index (χ3n) is 3.81. The van der Waals surface area contributed by atoms with Crippen molar-refractivity contribution in [2.24, 2.45) is 0 Å². The zero-order valence-corrected chi connectivity index (χ0v) is 14.6. The van der Waals surface area contributed by atoms with Gasteiger partial charge >= 0.3 is 0 Å². The van der Waals surface area contributed by atoms with Crippen molar-refractivity contribution in [1.82, 2.24) is 14.5 Å². The van der Waals surface area contributed by atoms with E-state index in [-0.39, 0.29) is 0 Å². The van der Waals surface area contributed by atoms with Gasteiger partial charge in [-0.15, -0.1) is 11.3 Å². The highest BCUT2D eigenvalue weighted by atomic mass is 32.2. The fourth-order valence-corrected chi connectivity index (χ4v) is 5.22. The Morgan fingerprint density at radius 1 is 1.29 bits per heavy atom. The Morgan fingerprint density at radius 3 is 2.52 bits per heavy atom. The summed E-state index contributed by atoms with van der Waals surface area (Å²) in [6.45, 7) is 10.7. The molecule has 2 rings (SSSR count). The summed E-state index contributed by atoms with van der Waals surface area (Å²) in [6, 6.07) is 2.28. The van der Waals surface area contributed by atoms with Crippen LogP contribution in [0.15, 0.2) is 15.7 Å². The van der Waals surface area contributed by atoms with Gasteiger partial charge in [0, 0.05) is 38.8 Å². The summed E-state index contributed by atoms with van der Waals surface area (Å²) in [7, 11) is -3.32. The summed E-state index contributed by atoms with van der Waals surface area (Å²) < 4.78 is 27.4. The number of sulfonamides is 1. The maximum Gasteiger partial charge on any atom is 0.252 e. The van der Waals surface area contributed by atoms with Crippen molar-refractivity contribution < 1.29 is 8.42 Å². The lowest BCUT2D eigenvalue weighted by atomic mass is 10.3. The monoisotopic (exact) mass is 331 g/mol. The van der Waals surface area contributed by atoms with E-state index in [2.05, 4.69) is 24.1 Å². The van der Waals surface area contributed by atoms with Crippen molar-refractivity contribution in [3.05, 3.63) is 17.0 Å². The van der Waals surface area contributed by atoms with Crippen LogP contribution in [0.2, 0.25) is 0 Å². The average Bonchev–Trinajstić information content (AvgIpc) is 2.94. The van der Waals surface area contributed by atoms with Crippen LogP contribution in [0.5, 0.6) is 0 Å². The van der Waals surface area contributed by atoms with Crippen molar-refractivity contribution in [3.8, 4) is 0 Å². The molecule has 21 heavy (non-hydrogen) atoms. The molecule has 1 saturated heterocycles. The number of nitrogens with one attached hydrogen (secondary N) is 1.